The molecule has 3 aromatic heterocycles. The molecule has 0 fully saturated rings. The van der Waals surface area contributed by atoms with E-state index in [1.807, 2.05) is 18.3 Å². The van der Waals surface area contributed by atoms with Crippen molar-refractivity contribution in [2.75, 3.05) is 6.54 Å². The van der Waals surface area contributed by atoms with Crippen molar-refractivity contribution < 1.29 is 0 Å². The molecule has 0 radical (unpaired) electrons. The van der Waals surface area contributed by atoms with Crippen LogP contribution in [0.4, 0.5) is 0 Å². The molecule has 4 rings (SSSR count). The van der Waals surface area contributed by atoms with Gasteiger partial charge in [0.1, 0.15) is 0 Å². The lowest BCUT2D eigenvalue weighted by atomic mass is 9.93. The van der Waals surface area contributed by atoms with E-state index in [0.717, 1.165) is 36.5 Å². The standard InChI is InChI=1S/C19H23N5O/c1-19(2,3)16-9-17-21-15-12-23(11-13-5-4-7-20-10-13)8-6-14(15)18(25)24(17)22-16/h4-5,7,9-10,22H,6,8,11-12H2,1-3H3. The number of rotatable bonds is 2. The minimum atomic E-state index is -0.0486. The third-order valence-electron chi connectivity index (χ3n) is 4.78. The van der Waals surface area contributed by atoms with Crippen LogP contribution >= 0.6 is 0 Å². The van der Waals surface area contributed by atoms with Crippen LogP contribution in [0.15, 0.2) is 35.4 Å². The van der Waals surface area contributed by atoms with Crippen LogP contribution in [0.5, 0.6) is 0 Å². The van der Waals surface area contributed by atoms with Crippen molar-refractivity contribution in [1.82, 2.24) is 24.5 Å². The van der Waals surface area contributed by atoms with Crippen molar-refractivity contribution in [2.24, 2.45) is 0 Å². The van der Waals surface area contributed by atoms with Gasteiger partial charge in [-0.05, 0) is 18.1 Å². The molecule has 0 saturated heterocycles. The number of aromatic amines is 1. The highest BCUT2D eigenvalue weighted by molar-refractivity contribution is 5.43. The Kier molecular flexibility index (Phi) is 3.72. The lowest BCUT2D eigenvalue weighted by molar-refractivity contribution is 0.240. The molecule has 0 atom stereocenters. The molecule has 0 saturated carbocycles. The molecule has 4 heterocycles. The molecule has 6 nitrogen and oxygen atoms in total. The van der Waals surface area contributed by atoms with Crippen molar-refractivity contribution in [3.8, 4) is 0 Å². The normalized spacial score (nSPS) is 15.5. The first kappa shape index (κ1) is 16.0. The van der Waals surface area contributed by atoms with Gasteiger partial charge in [0.05, 0.1) is 5.69 Å². The van der Waals surface area contributed by atoms with Gasteiger partial charge < -0.3 is 0 Å². The summed E-state index contributed by atoms with van der Waals surface area (Å²) >= 11 is 0. The smallest absolute Gasteiger partial charge is 0.276 e. The Bertz CT molecular complexity index is 965. The Morgan fingerprint density at radius 3 is 2.88 bits per heavy atom. The van der Waals surface area contributed by atoms with Gasteiger partial charge >= 0.3 is 0 Å². The number of fused-ring (bicyclic) bond motifs is 2. The van der Waals surface area contributed by atoms with Crippen LogP contribution in [0.1, 0.15) is 43.3 Å². The number of H-pyrrole nitrogens is 1. The highest BCUT2D eigenvalue weighted by atomic mass is 16.1. The summed E-state index contributed by atoms with van der Waals surface area (Å²) in [6, 6.07) is 6.02. The number of aromatic nitrogens is 4. The molecule has 0 bridgehead atoms. The van der Waals surface area contributed by atoms with Crippen molar-refractivity contribution in [3.05, 3.63) is 63.5 Å². The minimum Gasteiger partial charge on any atom is -0.293 e. The van der Waals surface area contributed by atoms with E-state index in [0.29, 0.717) is 12.2 Å². The second-order valence-electron chi connectivity index (χ2n) is 7.78. The van der Waals surface area contributed by atoms with Crippen molar-refractivity contribution in [3.63, 3.8) is 0 Å². The molecule has 1 aliphatic rings. The minimum absolute atomic E-state index is 0.0385. The van der Waals surface area contributed by atoms with E-state index < -0.39 is 0 Å². The summed E-state index contributed by atoms with van der Waals surface area (Å²) in [5.74, 6) is 0. The van der Waals surface area contributed by atoms with Gasteiger partial charge in [-0.3, -0.25) is 19.8 Å². The van der Waals surface area contributed by atoms with Gasteiger partial charge in [-0.1, -0.05) is 26.8 Å². The van der Waals surface area contributed by atoms with E-state index in [4.69, 9.17) is 4.98 Å². The second kappa shape index (κ2) is 5.81. The Balaban J connectivity index is 1.68. The summed E-state index contributed by atoms with van der Waals surface area (Å²) in [4.78, 5) is 24.1. The maximum Gasteiger partial charge on any atom is 0.276 e. The van der Waals surface area contributed by atoms with Crippen LogP contribution in [-0.2, 0) is 24.9 Å². The number of nitrogens with zero attached hydrogens (tertiary/aromatic N) is 4. The van der Waals surface area contributed by atoms with Crippen molar-refractivity contribution in [2.45, 2.75) is 45.7 Å². The summed E-state index contributed by atoms with van der Waals surface area (Å²) in [5, 5.41) is 3.22. The first-order chi connectivity index (χ1) is 11.9. The average molecular weight is 337 g/mol. The fourth-order valence-corrected chi connectivity index (χ4v) is 3.32. The predicted molar refractivity (Wildman–Crippen MR) is 96.6 cm³/mol. The van der Waals surface area contributed by atoms with E-state index >= 15 is 0 Å². The van der Waals surface area contributed by atoms with E-state index in [2.05, 4.69) is 41.8 Å². The highest BCUT2D eigenvalue weighted by Gasteiger charge is 2.24. The largest absolute Gasteiger partial charge is 0.293 e. The van der Waals surface area contributed by atoms with Gasteiger partial charge in [0.25, 0.3) is 5.56 Å². The zero-order chi connectivity index (χ0) is 17.6. The zero-order valence-electron chi connectivity index (χ0n) is 14.9. The average Bonchev–Trinajstić information content (AvgIpc) is 3.00. The summed E-state index contributed by atoms with van der Waals surface area (Å²) in [5.41, 5.74) is 4.63. The SMILES string of the molecule is CC(C)(C)c1cc2nc3c(c(=O)n2[nH]1)CCN(Cc1cccnc1)C3. The van der Waals surface area contributed by atoms with Crippen LogP contribution in [0.25, 0.3) is 5.65 Å². The van der Waals surface area contributed by atoms with Gasteiger partial charge in [0.2, 0.25) is 0 Å². The molecule has 3 aromatic rings. The van der Waals surface area contributed by atoms with Gasteiger partial charge in [-0.25, -0.2) is 9.50 Å². The van der Waals surface area contributed by atoms with E-state index in [1.165, 1.54) is 5.56 Å². The lowest BCUT2D eigenvalue weighted by Gasteiger charge is -2.27. The fraction of sp³-hybridized carbons (Fsp3) is 0.421. The molecule has 130 valence electrons. The molecular weight excluding hydrogens is 314 g/mol. The Hall–Kier alpha value is -2.47. The zero-order valence-corrected chi connectivity index (χ0v) is 14.9. The number of pyridine rings is 1. The van der Waals surface area contributed by atoms with Crippen LogP contribution in [0.3, 0.4) is 0 Å². The molecule has 1 N–H and O–H groups in total. The van der Waals surface area contributed by atoms with Crippen molar-refractivity contribution >= 4 is 5.65 Å². The maximum absolute atomic E-state index is 12.8. The quantitative estimate of drug-likeness (QED) is 0.779. The predicted octanol–water partition coefficient (Wildman–Crippen LogP) is 2.27. The van der Waals surface area contributed by atoms with Gasteiger partial charge in [-0.15, -0.1) is 0 Å². The van der Waals surface area contributed by atoms with Gasteiger partial charge in [0.15, 0.2) is 5.65 Å². The van der Waals surface area contributed by atoms with Gasteiger partial charge in [0, 0.05) is 54.8 Å². The molecule has 0 aliphatic carbocycles. The Morgan fingerprint density at radius 2 is 2.16 bits per heavy atom. The number of nitrogens with one attached hydrogen (secondary N) is 1. The van der Waals surface area contributed by atoms with E-state index in [-0.39, 0.29) is 11.0 Å². The first-order valence-electron chi connectivity index (χ1n) is 8.67. The maximum atomic E-state index is 12.8. The second-order valence-corrected chi connectivity index (χ2v) is 7.78. The number of hydrogen-bond donors (Lipinski definition) is 1. The van der Waals surface area contributed by atoms with Crippen LogP contribution < -0.4 is 5.56 Å². The molecule has 0 amide bonds. The Morgan fingerprint density at radius 1 is 1.32 bits per heavy atom. The molecule has 1 aliphatic heterocycles. The molecule has 6 heteroatoms. The summed E-state index contributed by atoms with van der Waals surface area (Å²) in [6.07, 6.45) is 4.41. The monoisotopic (exact) mass is 337 g/mol. The molecule has 25 heavy (non-hydrogen) atoms. The third kappa shape index (κ3) is 2.98. The van der Waals surface area contributed by atoms with Crippen molar-refractivity contribution in [1.29, 1.82) is 0 Å². The van der Waals surface area contributed by atoms with E-state index in [1.54, 1.807) is 10.7 Å². The van der Waals surface area contributed by atoms with Crippen LogP contribution in [0, 0.1) is 0 Å². The molecule has 0 aromatic carbocycles. The van der Waals surface area contributed by atoms with Gasteiger partial charge in [-0.2, -0.15) is 0 Å². The molecule has 0 spiro atoms. The summed E-state index contributed by atoms with van der Waals surface area (Å²) in [6.45, 7) is 8.76. The third-order valence-corrected chi connectivity index (χ3v) is 4.78. The lowest BCUT2D eigenvalue weighted by Crippen LogP contribution is -2.36. The van der Waals surface area contributed by atoms with Crippen LogP contribution in [-0.4, -0.2) is 31.0 Å². The molecular formula is C19H23N5O. The molecule has 0 unspecified atom stereocenters. The topological polar surface area (TPSA) is 66.3 Å². The first-order valence-corrected chi connectivity index (χ1v) is 8.67. The van der Waals surface area contributed by atoms with Crippen LogP contribution in [0.2, 0.25) is 0 Å². The summed E-state index contributed by atoms with van der Waals surface area (Å²) < 4.78 is 1.59. The highest BCUT2D eigenvalue weighted by Crippen LogP contribution is 2.22. The number of hydrogen-bond acceptors (Lipinski definition) is 4. The fourth-order valence-electron chi connectivity index (χ4n) is 3.32. The van der Waals surface area contributed by atoms with E-state index in [9.17, 15) is 4.79 Å². The summed E-state index contributed by atoms with van der Waals surface area (Å²) in [7, 11) is 0. The Labute approximate surface area is 146 Å².